The van der Waals surface area contributed by atoms with Gasteiger partial charge in [0.1, 0.15) is 5.82 Å². The van der Waals surface area contributed by atoms with Gasteiger partial charge < -0.3 is 5.32 Å². The largest absolute Gasteiger partial charge is 0.314 e. The van der Waals surface area contributed by atoms with Crippen molar-refractivity contribution in [2.45, 2.75) is 19.9 Å². The molecule has 1 aromatic carbocycles. The molecule has 5 heteroatoms. The van der Waals surface area contributed by atoms with E-state index in [-0.39, 0.29) is 30.6 Å². The number of aryl methyl sites for hydroxylation is 1. The molecule has 1 atom stereocenters. The van der Waals surface area contributed by atoms with E-state index in [0.29, 0.717) is 6.04 Å². The van der Waals surface area contributed by atoms with Gasteiger partial charge in [0, 0.05) is 32.2 Å². The Hall–Kier alpha value is -0.350. The minimum atomic E-state index is -0.145. The van der Waals surface area contributed by atoms with Crippen LogP contribution in [0.1, 0.15) is 24.1 Å². The molecule has 1 saturated heterocycles. The van der Waals surface area contributed by atoms with Crippen molar-refractivity contribution >= 4 is 24.8 Å². The molecule has 18 heavy (non-hydrogen) atoms. The summed E-state index contributed by atoms with van der Waals surface area (Å²) in [4.78, 5) is 2.44. The second-order valence-electron chi connectivity index (χ2n) is 4.46. The highest BCUT2D eigenvalue weighted by Crippen LogP contribution is 2.24. The van der Waals surface area contributed by atoms with Crippen LogP contribution in [-0.2, 0) is 0 Å². The second-order valence-corrected chi connectivity index (χ2v) is 4.46. The van der Waals surface area contributed by atoms with Crippen LogP contribution in [0.25, 0.3) is 0 Å². The molecule has 0 spiro atoms. The van der Waals surface area contributed by atoms with E-state index in [1.54, 1.807) is 12.1 Å². The van der Waals surface area contributed by atoms with E-state index in [1.165, 1.54) is 5.56 Å². The van der Waals surface area contributed by atoms with Crippen molar-refractivity contribution in [1.29, 1.82) is 0 Å². The SMILES string of the molecule is Cc1cc(F)ccc1[C@@H](C)N1CCNCC1.Cl.Cl. The fraction of sp³-hybridized carbons (Fsp3) is 0.538. The number of halogens is 3. The highest BCUT2D eigenvalue weighted by atomic mass is 35.5. The quantitative estimate of drug-likeness (QED) is 0.902. The number of nitrogens with one attached hydrogen (secondary N) is 1. The van der Waals surface area contributed by atoms with Crippen LogP contribution in [-0.4, -0.2) is 31.1 Å². The first-order valence-corrected chi connectivity index (χ1v) is 5.89. The molecule has 2 rings (SSSR count). The van der Waals surface area contributed by atoms with Crippen LogP contribution in [0.3, 0.4) is 0 Å². The average Bonchev–Trinajstić information content (AvgIpc) is 2.29. The van der Waals surface area contributed by atoms with Crippen LogP contribution in [0, 0.1) is 12.7 Å². The monoisotopic (exact) mass is 294 g/mol. The van der Waals surface area contributed by atoms with Crippen LogP contribution in [0.15, 0.2) is 18.2 Å². The summed E-state index contributed by atoms with van der Waals surface area (Å²) in [5.74, 6) is -0.145. The van der Waals surface area contributed by atoms with Crippen molar-refractivity contribution in [3.63, 3.8) is 0 Å². The van der Waals surface area contributed by atoms with Gasteiger partial charge in [-0.3, -0.25) is 4.90 Å². The summed E-state index contributed by atoms with van der Waals surface area (Å²) in [6.45, 7) is 8.41. The highest BCUT2D eigenvalue weighted by Gasteiger charge is 2.19. The zero-order chi connectivity index (χ0) is 11.5. The van der Waals surface area contributed by atoms with Crippen molar-refractivity contribution in [3.05, 3.63) is 35.1 Å². The topological polar surface area (TPSA) is 15.3 Å². The van der Waals surface area contributed by atoms with Gasteiger partial charge in [-0.15, -0.1) is 24.8 Å². The summed E-state index contributed by atoms with van der Waals surface area (Å²) in [6.07, 6.45) is 0. The zero-order valence-electron chi connectivity index (χ0n) is 10.8. The predicted molar refractivity (Wildman–Crippen MR) is 78.5 cm³/mol. The van der Waals surface area contributed by atoms with E-state index in [1.807, 2.05) is 13.0 Å². The summed E-state index contributed by atoms with van der Waals surface area (Å²) < 4.78 is 13.0. The number of rotatable bonds is 2. The van der Waals surface area contributed by atoms with Gasteiger partial charge in [-0.1, -0.05) is 6.07 Å². The van der Waals surface area contributed by atoms with E-state index in [9.17, 15) is 4.39 Å². The first-order valence-electron chi connectivity index (χ1n) is 5.89. The van der Waals surface area contributed by atoms with Crippen LogP contribution in [0.5, 0.6) is 0 Å². The maximum atomic E-state index is 13.0. The molecule has 104 valence electrons. The van der Waals surface area contributed by atoms with Crippen LogP contribution in [0.4, 0.5) is 4.39 Å². The zero-order valence-corrected chi connectivity index (χ0v) is 12.4. The molecule has 1 aliphatic heterocycles. The van der Waals surface area contributed by atoms with Gasteiger partial charge in [-0.05, 0) is 37.1 Å². The predicted octanol–water partition coefficient (Wildman–Crippen LogP) is 2.94. The standard InChI is InChI=1S/C13H19FN2.2ClH/c1-10-9-12(14)3-4-13(10)11(2)16-7-5-15-6-8-16;;/h3-4,9,11,15H,5-8H2,1-2H3;2*1H/t11-;;/m1../s1. The van der Waals surface area contributed by atoms with Gasteiger partial charge >= 0.3 is 0 Å². The molecule has 0 bridgehead atoms. The second kappa shape index (κ2) is 7.95. The first-order chi connectivity index (χ1) is 7.68. The van der Waals surface area contributed by atoms with E-state index < -0.39 is 0 Å². The molecule has 0 aliphatic carbocycles. The minimum Gasteiger partial charge on any atom is -0.314 e. The molecule has 1 heterocycles. The lowest BCUT2D eigenvalue weighted by molar-refractivity contribution is 0.185. The Morgan fingerprint density at radius 3 is 2.39 bits per heavy atom. The van der Waals surface area contributed by atoms with Crippen molar-refractivity contribution < 1.29 is 4.39 Å². The van der Waals surface area contributed by atoms with Crippen LogP contribution >= 0.6 is 24.8 Å². The summed E-state index contributed by atoms with van der Waals surface area (Å²) in [7, 11) is 0. The molecule has 0 unspecified atom stereocenters. The number of hydrogen-bond donors (Lipinski definition) is 1. The Morgan fingerprint density at radius 1 is 1.22 bits per heavy atom. The number of piperazine rings is 1. The van der Waals surface area contributed by atoms with E-state index >= 15 is 0 Å². The molecule has 1 fully saturated rings. The van der Waals surface area contributed by atoms with E-state index in [4.69, 9.17) is 0 Å². The lowest BCUT2D eigenvalue weighted by Gasteiger charge is -2.33. The molecule has 0 aromatic heterocycles. The molecule has 0 radical (unpaired) electrons. The number of nitrogens with zero attached hydrogens (tertiary/aromatic N) is 1. The summed E-state index contributed by atoms with van der Waals surface area (Å²) in [6, 6.07) is 5.47. The molecule has 2 nitrogen and oxygen atoms in total. The normalized spacial score (nSPS) is 17.5. The van der Waals surface area contributed by atoms with Gasteiger partial charge in [0.2, 0.25) is 0 Å². The van der Waals surface area contributed by atoms with Crippen molar-refractivity contribution in [1.82, 2.24) is 10.2 Å². The number of hydrogen-bond acceptors (Lipinski definition) is 2. The highest BCUT2D eigenvalue weighted by molar-refractivity contribution is 5.85. The molecule has 1 N–H and O–H groups in total. The van der Waals surface area contributed by atoms with Gasteiger partial charge in [0.15, 0.2) is 0 Å². The summed E-state index contributed by atoms with van der Waals surface area (Å²) in [5, 5.41) is 3.34. The number of benzene rings is 1. The Morgan fingerprint density at radius 2 is 1.83 bits per heavy atom. The molecular weight excluding hydrogens is 274 g/mol. The molecule has 1 aliphatic rings. The lowest BCUT2D eigenvalue weighted by Crippen LogP contribution is -2.44. The van der Waals surface area contributed by atoms with Gasteiger partial charge in [0.05, 0.1) is 0 Å². The third kappa shape index (κ3) is 4.09. The van der Waals surface area contributed by atoms with Crippen LogP contribution in [0.2, 0.25) is 0 Å². The Balaban J connectivity index is 0.00000144. The van der Waals surface area contributed by atoms with Crippen molar-refractivity contribution in [3.8, 4) is 0 Å². The fourth-order valence-corrected chi connectivity index (χ4v) is 2.37. The van der Waals surface area contributed by atoms with E-state index in [0.717, 1.165) is 31.7 Å². The van der Waals surface area contributed by atoms with E-state index in [2.05, 4.69) is 17.1 Å². The Kier molecular flexibility index (Phi) is 7.79. The van der Waals surface area contributed by atoms with Crippen molar-refractivity contribution in [2.24, 2.45) is 0 Å². The maximum Gasteiger partial charge on any atom is 0.123 e. The smallest absolute Gasteiger partial charge is 0.123 e. The Labute approximate surface area is 121 Å². The third-order valence-electron chi connectivity index (χ3n) is 3.38. The lowest BCUT2D eigenvalue weighted by atomic mass is 10.0. The van der Waals surface area contributed by atoms with Gasteiger partial charge in [-0.25, -0.2) is 4.39 Å². The van der Waals surface area contributed by atoms with Crippen LogP contribution < -0.4 is 5.32 Å². The first kappa shape index (κ1) is 17.6. The molecule has 0 saturated carbocycles. The minimum absolute atomic E-state index is 0. The van der Waals surface area contributed by atoms with Gasteiger partial charge in [0.25, 0.3) is 0 Å². The van der Waals surface area contributed by atoms with Crippen molar-refractivity contribution in [2.75, 3.05) is 26.2 Å². The average molecular weight is 295 g/mol. The molecular formula is C13H21Cl2FN2. The third-order valence-corrected chi connectivity index (χ3v) is 3.38. The summed E-state index contributed by atoms with van der Waals surface area (Å²) in [5.41, 5.74) is 2.29. The maximum absolute atomic E-state index is 13.0. The summed E-state index contributed by atoms with van der Waals surface area (Å²) >= 11 is 0. The fourth-order valence-electron chi connectivity index (χ4n) is 2.37. The molecule has 1 aromatic rings. The molecule has 0 amide bonds. The Bertz CT molecular complexity index is 368. The van der Waals surface area contributed by atoms with Gasteiger partial charge in [-0.2, -0.15) is 0 Å².